The van der Waals surface area contributed by atoms with Crippen LogP contribution >= 0.6 is 24.8 Å². The van der Waals surface area contributed by atoms with Crippen LogP contribution in [0.2, 0.25) is 0 Å². The van der Waals surface area contributed by atoms with Gasteiger partial charge in [0.05, 0.1) is 7.11 Å². The van der Waals surface area contributed by atoms with Crippen LogP contribution in [0.25, 0.3) is 0 Å². The highest BCUT2D eigenvalue weighted by atomic mass is 35.5. The Morgan fingerprint density at radius 1 is 0.905 bits per heavy atom. The first-order valence-corrected chi connectivity index (χ1v) is 7.25. The fraction of sp³-hybridized carbons (Fsp3) is 0.625. The van der Waals surface area contributed by atoms with Gasteiger partial charge in [-0.15, -0.1) is 24.8 Å². The SMILES string of the molecule is CCC(N)CC(CC(N)CC)c1ccc(OC)cc1.Cl.Cl. The molecule has 21 heavy (non-hydrogen) atoms. The van der Waals surface area contributed by atoms with Gasteiger partial charge in [-0.25, -0.2) is 0 Å². The third-order valence-electron chi connectivity index (χ3n) is 3.81. The Labute approximate surface area is 141 Å². The molecule has 0 aliphatic carbocycles. The van der Waals surface area contributed by atoms with Crippen LogP contribution in [-0.4, -0.2) is 19.2 Å². The quantitative estimate of drug-likeness (QED) is 0.757. The molecule has 0 fully saturated rings. The van der Waals surface area contributed by atoms with E-state index in [4.69, 9.17) is 16.2 Å². The summed E-state index contributed by atoms with van der Waals surface area (Å²) in [6.07, 6.45) is 4.01. The number of methoxy groups -OCH3 is 1. The van der Waals surface area contributed by atoms with Crippen molar-refractivity contribution in [1.82, 2.24) is 0 Å². The number of nitrogens with two attached hydrogens (primary N) is 2. The second kappa shape index (κ2) is 12.1. The summed E-state index contributed by atoms with van der Waals surface area (Å²) >= 11 is 0. The molecule has 1 aromatic carbocycles. The van der Waals surface area contributed by atoms with E-state index in [1.807, 2.05) is 12.1 Å². The number of rotatable bonds is 8. The van der Waals surface area contributed by atoms with Crippen LogP contribution in [0.15, 0.2) is 24.3 Å². The zero-order valence-electron chi connectivity index (χ0n) is 13.2. The Bertz CT molecular complexity index is 348. The summed E-state index contributed by atoms with van der Waals surface area (Å²) in [5.41, 5.74) is 13.6. The van der Waals surface area contributed by atoms with Gasteiger partial charge in [0.25, 0.3) is 0 Å². The van der Waals surface area contributed by atoms with E-state index in [0.717, 1.165) is 31.4 Å². The van der Waals surface area contributed by atoms with Crippen LogP contribution in [0, 0.1) is 0 Å². The van der Waals surface area contributed by atoms with E-state index in [9.17, 15) is 0 Å². The first-order valence-electron chi connectivity index (χ1n) is 7.25. The molecular formula is C16H30Cl2N2O. The van der Waals surface area contributed by atoms with Crippen LogP contribution in [0.5, 0.6) is 5.75 Å². The summed E-state index contributed by atoms with van der Waals surface area (Å²) in [5, 5.41) is 0. The molecule has 4 N–H and O–H groups in total. The normalized spacial score (nSPS) is 14.3. The molecule has 0 aromatic heterocycles. The highest BCUT2D eigenvalue weighted by Crippen LogP contribution is 2.28. The smallest absolute Gasteiger partial charge is 0.118 e. The van der Waals surface area contributed by atoms with Crippen molar-refractivity contribution in [3.63, 3.8) is 0 Å². The van der Waals surface area contributed by atoms with Gasteiger partial charge in [0.2, 0.25) is 0 Å². The summed E-state index contributed by atoms with van der Waals surface area (Å²) in [6, 6.07) is 8.78. The van der Waals surface area contributed by atoms with E-state index in [1.54, 1.807) is 7.11 Å². The van der Waals surface area contributed by atoms with Gasteiger partial charge in [-0.3, -0.25) is 0 Å². The van der Waals surface area contributed by atoms with Crippen LogP contribution in [0.1, 0.15) is 51.0 Å². The Balaban J connectivity index is 0. The number of hydrogen-bond acceptors (Lipinski definition) is 3. The number of halogens is 2. The molecule has 0 aliphatic rings. The second-order valence-electron chi connectivity index (χ2n) is 5.28. The number of benzene rings is 1. The van der Waals surface area contributed by atoms with Crippen molar-refractivity contribution in [3.8, 4) is 5.75 Å². The molecule has 0 aliphatic heterocycles. The van der Waals surface area contributed by atoms with Gasteiger partial charge >= 0.3 is 0 Å². The lowest BCUT2D eigenvalue weighted by Gasteiger charge is -2.23. The highest BCUT2D eigenvalue weighted by Gasteiger charge is 2.17. The van der Waals surface area contributed by atoms with Crippen molar-refractivity contribution in [2.24, 2.45) is 11.5 Å². The van der Waals surface area contributed by atoms with Gasteiger partial charge < -0.3 is 16.2 Å². The molecule has 0 saturated carbocycles. The topological polar surface area (TPSA) is 61.3 Å². The summed E-state index contributed by atoms with van der Waals surface area (Å²) in [5.74, 6) is 1.33. The minimum atomic E-state index is 0. The zero-order valence-corrected chi connectivity index (χ0v) is 14.9. The van der Waals surface area contributed by atoms with Gasteiger partial charge in [0, 0.05) is 12.1 Å². The molecule has 124 valence electrons. The highest BCUT2D eigenvalue weighted by molar-refractivity contribution is 5.85. The summed E-state index contributed by atoms with van der Waals surface area (Å²) in [6.45, 7) is 4.27. The van der Waals surface area contributed by atoms with E-state index in [-0.39, 0.29) is 36.9 Å². The first kappa shape index (κ1) is 22.8. The van der Waals surface area contributed by atoms with Crippen molar-refractivity contribution < 1.29 is 4.74 Å². The number of ether oxygens (including phenoxy) is 1. The van der Waals surface area contributed by atoms with Crippen molar-refractivity contribution in [3.05, 3.63) is 29.8 Å². The predicted molar refractivity (Wildman–Crippen MR) is 96.0 cm³/mol. The molecule has 1 aromatic rings. The molecule has 0 bridgehead atoms. The molecule has 0 amide bonds. The zero-order chi connectivity index (χ0) is 14.3. The maximum absolute atomic E-state index is 6.12. The van der Waals surface area contributed by atoms with E-state index < -0.39 is 0 Å². The van der Waals surface area contributed by atoms with E-state index >= 15 is 0 Å². The monoisotopic (exact) mass is 336 g/mol. The molecule has 1 rings (SSSR count). The number of hydrogen-bond donors (Lipinski definition) is 2. The second-order valence-corrected chi connectivity index (χ2v) is 5.28. The van der Waals surface area contributed by atoms with E-state index in [2.05, 4.69) is 26.0 Å². The van der Waals surface area contributed by atoms with Gasteiger partial charge in [-0.05, 0) is 49.3 Å². The van der Waals surface area contributed by atoms with Crippen molar-refractivity contribution in [2.75, 3.05) is 7.11 Å². The lowest BCUT2D eigenvalue weighted by Crippen LogP contribution is -2.27. The van der Waals surface area contributed by atoms with Crippen molar-refractivity contribution >= 4 is 24.8 Å². The molecule has 0 saturated heterocycles. The van der Waals surface area contributed by atoms with Gasteiger partial charge in [-0.1, -0.05) is 26.0 Å². The largest absolute Gasteiger partial charge is 0.497 e. The maximum atomic E-state index is 6.12. The third-order valence-corrected chi connectivity index (χ3v) is 3.81. The molecule has 0 spiro atoms. The molecular weight excluding hydrogens is 307 g/mol. The van der Waals surface area contributed by atoms with Crippen LogP contribution in [-0.2, 0) is 0 Å². The van der Waals surface area contributed by atoms with Crippen molar-refractivity contribution in [2.45, 2.75) is 57.5 Å². The summed E-state index contributed by atoms with van der Waals surface area (Å²) in [4.78, 5) is 0. The Morgan fingerprint density at radius 3 is 1.67 bits per heavy atom. The maximum Gasteiger partial charge on any atom is 0.118 e. The predicted octanol–water partition coefficient (Wildman–Crippen LogP) is 3.88. The average molecular weight is 337 g/mol. The molecule has 5 heteroatoms. The third kappa shape index (κ3) is 7.91. The van der Waals surface area contributed by atoms with Crippen LogP contribution in [0.4, 0.5) is 0 Å². The van der Waals surface area contributed by atoms with E-state index in [1.165, 1.54) is 5.56 Å². The molecule has 0 heterocycles. The standard InChI is InChI=1S/C16H28N2O.2ClH/c1-4-14(17)10-13(11-15(18)5-2)12-6-8-16(19-3)9-7-12;;/h6-9,13-15H,4-5,10-11,17-18H2,1-3H3;2*1H. The van der Waals surface area contributed by atoms with Crippen molar-refractivity contribution in [1.29, 1.82) is 0 Å². The lowest BCUT2D eigenvalue weighted by atomic mass is 9.86. The summed E-state index contributed by atoms with van der Waals surface area (Å²) < 4.78 is 5.20. The molecule has 2 unspecified atom stereocenters. The Hall–Kier alpha value is -0.480. The van der Waals surface area contributed by atoms with E-state index in [0.29, 0.717) is 5.92 Å². The Kier molecular flexibility index (Phi) is 13.1. The fourth-order valence-electron chi connectivity index (χ4n) is 2.31. The van der Waals surface area contributed by atoms with Gasteiger partial charge in [0.1, 0.15) is 5.75 Å². The average Bonchev–Trinajstić information content (AvgIpc) is 2.46. The fourth-order valence-corrected chi connectivity index (χ4v) is 2.31. The molecule has 3 nitrogen and oxygen atoms in total. The molecule has 0 radical (unpaired) electrons. The van der Waals surface area contributed by atoms with Crippen LogP contribution in [0.3, 0.4) is 0 Å². The first-order chi connectivity index (χ1) is 9.10. The minimum absolute atomic E-state index is 0. The molecule has 2 atom stereocenters. The lowest BCUT2D eigenvalue weighted by molar-refractivity contribution is 0.413. The summed E-state index contributed by atoms with van der Waals surface area (Å²) in [7, 11) is 1.69. The van der Waals surface area contributed by atoms with Gasteiger partial charge in [-0.2, -0.15) is 0 Å². The Morgan fingerprint density at radius 2 is 1.33 bits per heavy atom. The minimum Gasteiger partial charge on any atom is -0.497 e. The van der Waals surface area contributed by atoms with Crippen LogP contribution < -0.4 is 16.2 Å². The van der Waals surface area contributed by atoms with Gasteiger partial charge in [0.15, 0.2) is 0 Å².